The monoisotopic (exact) mass is 399 g/mol. The molecule has 0 saturated carbocycles. The molecule has 0 aliphatic carbocycles. The average Bonchev–Trinajstić information content (AvgIpc) is 2.66. The molecule has 0 spiro atoms. The van der Waals surface area contributed by atoms with E-state index in [1.807, 2.05) is 24.3 Å². The molecule has 0 unspecified atom stereocenters. The second-order valence-corrected chi connectivity index (χ2v) is 6.35. The van der Waals surface area contributed by atoms with Crippen LogP contribution in [-0.4, -0.2) is 38.6 Å². The van der Waals surface area contributed by atoms with Crippen molar-refractivity contribution < 1.29 is 19.3 Å². The van der Waals surface area contributed by atoms with Crippen LogP contribution in [-0.2, 0) is 17.9 Å². The lowest BCUT2D eigenvalue weighted by Gasteiger charge is -2.13. The highest BCUT2D eigenvalue weighted by molar-refractivity contribution is 6.42. The number of halogens is 2. The van der Waals surface area contributed by atoms with E-state index in [1.54, 1.807) is 19.2 Å². The van der Waals surface area contributed by atoms with Crippen LogP contribution >= 0.6 is 23.2 Å². The maximum atomic E-state index is 8.64. The topological polar surface area (TPSA) is 60.0 Å². The molecular weight excluding hydrogens is 377 g/mol. The molecule has 142 valence electrons. The minimum absolute atomic E-state index is 0.0425. The molecule has 0 fully saturated rings. The van der Waals surface area contributed by atoms with Crippen molar-refractivity contribution in [1.82, 2.24) is 5.32 Å². The molecule has 0 aliphatic heterocycles. The average molecular weight is 400 g/mol. The van der Waals surface area contributed by atoms with Crippen LogP contribution in [0.2, 0.25) is 10.0 Å². The van der Waals surface area contributed by atoms with Gasteiger partial charge in [0.15, 0.2) is 11.5 Å². The first kappa shape index (κ1) is 20.8. The van der Waals surface area contributed by atoms with Crippen LogP contribution in [0.3, 0.4) is 0 Å². The Balaban J connectivity index is 1.88. The maximum absolute atomic E-state index is 8.64. The summed E-state index contributed by atoms with van der Waals surface area (Å²) >= 11 is 11.9. The van der Waals surface area contributed by atoms with Gasteiger partial charge >= 0.3 is 0 Å². The van der Waals surface area contributed by atoms with Gasteiger partial charge in [-0.2, -0.15) is 0 Å². The van der Waals surface area contributed by atoms with Crippen molar-refractivity contribution in [2.45, 2.75) is 13.2 Å². The van der Waals surface area contributed by atoms with Gasteiger partial charge in [0.2, 0.25) is 0 Å². The molecule has 0 aliphatic rings. The zero-order valence-electron chi connectivity index (χ0n) is 14.6. The summed E-state index contributed by atoms with van der Waals surface area (Å²) in [6, 6.07) is 11.2. The van der Waals surface area contributed by atoms with Crippen molar-refractivity contribution >= 4 is 23.2 Å². The normalized spacial score (nSPS) is 10.8. The van der Waals surface area contributed by atoms with Crippen molar-refractivity contribution in [3.63, 3.8) is 0 Å². The Bertz CT molecular complexity index is 697. The van der Waals surface area contributed by atoms with Crippen LogP contribution < -0.4 is 14.8 Å². The second-order valence-electron chi connectivity index (χ2n) is 5.54. The van der Waals surface area contributed by atoms with E-state index >= 15 is 0 Å². The van der Waals surface area contributed by atoms with Crippen LogP contribution in [0.15, 0.2) is 36.4 Å². The fourth-order valence-corrected chi connectivity index (χ4v) is 2.60. The molecular formula is C19H23Cl2NO4. The predicted octanol–water partition coefficient (Wildman–Crippen LogP) is 3.68. The van der Waals surface area contributed by atoms with Gasteiger partial charge in [0, 0.05) is 13.1 Å². The summed E-state index contributed by atoms with van der Waals surface area (Å²) in [7, 11) is 1.61. The van der Waals surface area contributed by atoms with E-state index in [9.17, 15) is 0 Å². The van der Waals surface area contributed by atoms with Crippen LogP contribution in [0.5, 0.6) is 11.5 Å². The molecule has 2 aromatic carbocycles. The van der Waals surface area contributed by atoms with Gasteiger partial charge in [0.1, 0.15) is 6.61 Å². The third-order valence-electron chi connectivity index (χ3n) is 3.59. The summed E-state index contributed by atoms with van der Waals surface area (Å²) in [6.07, 6.45) is 0. The fraction of sp³-hybridized carbons (Fsp3) is 0.368. The zero-order chi connectivity index (χ0) is 18.8. The Morgan fingerprint density at radius 1 is 0.962 bits per heavy atom. The summed E-state index contributed by atoms with van der Waals surface area (Å²) in [5.74, 6) is 1.33. The quantitative estimate of drug-likeness (QED) is 0.564. The lowest BCUT2D eigenvalue weighted by atomic mass is 10.2. The first-order chi connectivity index (χ1) is 12.6. The molecule has 2 rings (SSSR count). The van der Waals surface area contributed by atoms with Gasteiger partial charge in [-0.3, -0.25) is 0 Å². The van der Waals surface area contributed by atoms with Crippen molar-refractivity contribution in [2.75, 3.05) is 33.5 Å². The SMILES string of the molecule is COc1cc(CNCCOCCO)ccc1OCc1ccc(Cl)c(Cl)c1. The molecule has 0 bridgehead atoms. The first-order valence-electron chi connectivity index (χ1n) is 8.27. The lowest BCUT2D eigenvalue weighted by Crippen LogP contribution is -2.20. The highest BCUT2D eigenvalue weighted by atomic mass is 35.5. The number of aliphatic hydroxyl groups excluding tert-OH is 1. The fourth-order valence-electron chi connectivity index (χ4n) is 2.28. The number of hydrogen-bond acceptors (Lipinski definition) is 5. The number of ether oxygens (including phenoxy) is 3. The maximum Gasteiger partial charge on any atom is 0.161 e. The number of aliphatic hydroxyl groups is 1. The standard InChI is InChI=1S/C19H23Cl2NO4/c1-24-19-11-14(12-22-6-8-25-9-7-23)3-5-18(19)26-13-15-2-4-16(20)17(21)10-15/h2-5,10-11,22-23H,6-9,12-13H2,1H3. The molecule has 7 heteroatoms. The Hall–Kier alpha value is -1.50. The summed E-state index contributed by atoms with van der Waals surface area (Å²) in [5, 5.41) is 12.9. The van der Waals surface area contributed by atoms with E-state index in [0.717, 1.165) is 11.1 Å². The molecule has 0 atom stereocenters. The van der Waals surface area contributed by atoms with Crippen molar-refractivity contribution in [2.24, 2.45) is 0 Å². The lowest BCUT2D eigenvalue weighted by molar-refractivity contribution is 0.0938. The number of rotatable bonds is 11. The Kier molecular flexibility index (Phi) is 9.01. The van der Waals surface area contributed by atoms with E-state index in [-0.39, 0.29) is 6.61 Å². The molecule has 5 nitrogen and oxygen atoms in total. The number of nitrogens with one attached hydrogen (secondary N) is 1. The molecule has 2 N–H and O–H groups in total. The van der Waals surface area contributed by atoms with E-state index in [0.29, 0.717) is 54.5 Å². The molecule has 26 heavy (non-hydrogen) atoms. The molecule has 0 radical (unpaired) electrons. The summed E-state index contributed by atoms with van der Waals surface area (Å²) < 4.78 is 16.5. The van der Waals surface area contributed by atoms with E-state index in [2.05, 4.69) is 5.32 Å². The van der Waals surface area contributed by atoms with Gasteiger partial charge in [-0.1, -0.05) is 35.3 Å². The molecule has 0 heterocycles. The molecule has 2 aromatic rings. The van der Waals surface area contributed by atoms with Gasteiger partial charge in [-0.15, -0.1) is 0 Å². The highest BCUT2D eigenvalue weighted by Gasteiger charge is 2.07. The van der Waals surface area contributed by atoms with Gasteiger partial charge < -0.3 is 24.6 Å². The summed E-state index contributed by atoms with van der Waals surface area (Å²) in [6.45, 7) is 2.72. The van der Waals surface area contributed by atoms with Crippen LogP contribution in [0, 0.1) is 0 Å². The third-order valence-corrected chi connectivity index (χ3v) is 4.33. The zero-order valence-corrected chi connectivity index (χ0v) is 16.1. The minimum Gasteiger partial charge on any atom is -0.493 e. The minimum atomic E-state index is 0.0425. The Morgan fingerprint density at radius 2 is 1.77 bits per heavy atom. The van der Waals surface area contributed by atoms with E-state index in [1.165, 1.54) is 0 Å². The molecule has 0 saturated heterocycles. The van der Waals surface area contributed by atoms with Crippen molar-refractivity contribution in [3.8, 4) is 11.5 Å². The van der Waals surface area contributed by atoms with Crippen LogP contribution in [0.1, 0.15) is 11.1 Å². The van der Waals surface area contributed by atoms with E-state index in [4.69, 9.17) is 42.5 Å². The smallest absolute Gasteiger partial charge is 0.161 e. The van der Waals surface area contributed by atoms with Gasteiger partial charge in [-0.05, 0) is 35.4 Å². The van der Waals surface area contributed by atoms with Crippen molar-refractivity contribution in [1.29, 1.82) is 0 Å². The molecule has 0 aromatic heterocycles. The number of methoxy groups -OCH3 is 1. The highest BCUT2D eigenvalue weighted by Crippen LogP contribution is 2.29. The van der Waals surface area contributed by atoms with Gasteiger partial charge in [0.05, 0.1) is 37.0 Å². The van der Waals surface area contributed by atoms with Crippen LogP contribution in [0.4, 0.5) is 0 Å². The predicted molar refractivity (Wildman–Crippen MR) is 103 cm³/mol. The summed E-state index contributed by atoms with van der Waals surface area (Å²) in [5.41, 5.74) is 2.00. The molecule has 0 amide bonds. The van der Waals surface area contributed by atoms with Gasteiger partial charge in [0.25, 0.3) is 0 Å². The third kappa shape index (κ3) is 6.67. The van der Waals surface area contributed by atoms with Crippen LogP contribution in [0.25, 0.3) is 0 Å². The Morgan fingerprint density at radius 3 is 2.50 bits per heavy atom. The number of benzene rings is 2. The number of hydrogen-bond donors (Lipinski definition) is 2. The second kappa shape index (κ2) is 11.3. The van der Waals surface area contributed by atoms with E-state index < -0.39 is 0 Å². The van der Waals surface area contributed by atoms with Crippen molar-refractivity contribution in [3.05, 3.63) is 57.6 Å². The first-order valence-corrected chi connectivity index (χ1v) is 9.02. The van der Waals surface area contributed by atoms with Gasteiger partial charge in [-0.25, -0.2) is 0 Å². The largest absolute Gasteiger partial charge is 0.493 e. The Labute approximate surface area is 163 Å². The summed E-state index contributed by atoms with van der Waals surface area (Å²) in [4.78, 5) is 0.